The van der Waals surface area contributed by atoms with E-state index in [0.29, 0.717) is 18.0 Å². The highest BCUT2D eigenvalue weighted by Crippen LogP contribution is 2.26. The minimum absolute atomic E-state index is 0.112. The Kier molecular flexibility index (Phi) is 4.75. The molecule has 0 aromatic rings. The van der Waals surface area contributed by atoms with E-state index in [1.807, 2.05) is 11.9 Å². The van der Waals surface area contributed by atoms with Crippen LogP contribution >= 0.6 is 0 Å². The molecule has 2 aliphatic rings. The second-order valence-corrected chi connectivity index (χ2v) is 7.72. The molecule has 1 aliphatic carbocycles. The maximum Gasteiger partial charge on any atom is 0.228 e. The minimum Gasteiger partial charge on any atom is -0.341 e. The number of rotatable bonds is 3. The lowest BCUT2D eigenvalue weighted by atomic mass is 9.86. The van der Waals surface area contributed by atoms with Gasteiger partial charge in [0.2, 0.25) is 5.91 Å². The Morgan fingerprint density at radius 1 is 1.20 bits per heavy atom. The van der Waals surface area contributed by atoms with Gasteiger partial charge in [0.15, 0.2) is 0 Å². The van der Waals surface area contributed by atoms with E-state index in [9.17, 15) is 4.79 Å². The summed E-state index contributed by atoms with van der Waals surface area (Å²) in [5.74, 6) is 0.568. The third-order valence-electron chi connectivity index (χ3n) is 4.61. The first-order chi connectivity index (χ1) is 9.28. The largest absolute Gasteiger partial charge is 0.341 e. The fourth-order valence-electron chi connectivity index (χ4n) is 3.61. The van der Waals surface area contributed by atoms with E-state index < -0.39 is 0 Å². The predicted molar refractivity (Wildman–Crippen MR) is 82.7 cm³/mol. The number of likely N-dealkylation sites (N-methyl/N-ethyl adjacent to an activating group) is 1. The molecule has 0 unspecified atom stereocenters. The van der Waals surface area contributed by atoms with Gasteiger partial charge in [0.1, 0.15) is 0 Å². The molecule has 1 heterocycles. The third kappa shape index (κ3) is 3.73. The molecule has 1 saturated carbocycles. The fraction of sp³-hybridized carbons (Fsp3) is 0.938. The standard InChI is InChI=1S/C16H31N3O/c1-16(2,3)17-13-8-6-7-9-14(13)19(5)15(20)12-10-18(4)11-12/h12-14,17H,6-11H2,1-5H3/t13-,14-/m0/s1. The van der Waals surface area contributed by atoms with Gasteiger partial charge < -0.3 is 15.1 Å². The van der Waals surface area contributed by atoms with Crippen LogP contribution in [-0.4, -0.2) is 60.5 Å². The molecule has 116 valence electrons. The van der Waals surface area contributed by atoms with Crippen LogP contribution in [-0.2, 0) is 4.79 Å². The number of likely N-dealkylation sites (tertiary alicyclic amines) is 1. The molecule has 0 bridgehead atoms. The lowest BCUT2D eigenvalue weighted by Crippen LogP contribution is -2.60. The van der Waals surface area contributed by atoms with Gasteiger partial charge in [-0.05, 0) is 40.7 Å². The summed E-state index contributed by atoms with van der Waals surface area (Å²) in [6.45, 7) is 8.48. The maximum absolute atomic E-state index is 12.6. The highest BCUT2D eigenvalue weighted by atomic mass is 16.2. The van der Waals surface area contributed by atoms with Crippen LogP contribution in [0.2, 0.25) is 0 Å². The Hall–Kier alpha value is -0.610. The van der Waals surface area contributed by atoms with Gasteiger partial charge in [-0.25, -0.2) is 0 Å². The van der Waals surface area contributed by atoms with E-state index in [4.69, 9.17) is 0 Å². The van der Waals surface area contributed by atoms with Crippen LogP contribution in [0.5, 0.6) is 0 Å². The van der Waals surface area contributed by atoms with Crippen LogP contribution in [0.3, 0.4) is 0 Å². The summed E-state index contributed by atoms with van der Waals surface area (Å²) in [6.07, 6.45) is 4.84. The topological polar surface area (TPSA) is 35.6 Å². The number of nitrogens with zero attached hydrogens (tertiary/aromatic N) is 2. The zero-order valence-corrected chi connectivity index (χ0v) is 13.8. The van der Waals surface area contributed by atoms with Gasteiger partial charge in [-0.15, -0.1) is 0 Å². The molecule has 4 nitrogen and oxygen atoms in total. The van der Waals surface area contributed by atoms with Crippen LogP contribution in [0.25, 0.3) is 0 Å². The summed E-state index contributed by atoms with van der Waals surface area (Å²) in [6, 6.07) is 0.803. The van der Waals surface area contributed by atoms with Gasteiger partial charge in [-0.1, -0.05) is 12.8 Å². The van der Waals surface area contributed by atoms with Gasteiger partial charge >= 0.3 is 0 Å². The summed E-state index contributed by atoms with van der Waals surface area (Å²) in [5, 5.41) is 3.72. The third-order valence-corrected chi connectivity index (χ3v) is 4.61. The summed E-state index contributed by atoms with van der Waals surface area (Å²) in [4.78, 5) is 16.8. The quantitative estimate of drug-likeness (QED) is 0.855. The number of carbonyl (C=O) groups excluding carboxylic acids is 1. The van der Waals surface area contributed by atoms with Crippen molar-refractivity contribution in [3.63, 3.8) is 0 Å². The first-order valence-corrected chi connectivity index (χ1v) is 8.01. The molecule has 1 amide bonds. The average molecular weight is 281 g/mol. The maximum atomic E-state index is 12.6. The van der Waals surface area contributed by atoms with Crippen LogP contribution < -0.4 is 5.32 Å². The molecular weight excluding hydrogens is 250 g/mol. The first-order valence-electron chi connectivity index (χ1n) is 8.01. The van der Waals surface area contributed by atoms with Gasteiger partial charge in [0.05, 0.1) is 5.92 Å². The molecule has 0 aromatic heterocycles. The number of carbonyl (C=O) groups is 1. The molecular formula is C16H31N3O. The molecule has 0 aromatic carbocycles. The van der Waals surface area contributed by atoms with Gasteiger partial charge in [-0.2, -0.15) is 0 Å². The molecule has 1 aliphatic heterocycles. The van der Waals surface area contributed by atoms with E-state index in [1.54, 1.807) is 0 Å². The second kappa shape index (κ2) is 6.02. The van der Waals surface area contributed by atoms with Crippen molar-refractivity contribution in [2.45, 2.75) is 64.1 Å². The molecule has 1 N–H and O–H groups in total. The van der Waals surface area contributed by atoms with Crippen molar-refractivity contribution < 1.29 is 4.79 Å². The predicted octanol–water partition coefficient (Wildman–Crippen LogP) is 1.71. The minimum atomic E-state index is 0.112. The molecule has 0 spiro atoms. The molecule has 4 heteroatoms. The fourth-order valence-corrected chi connectivity index (χ4v) is 3.61. The summed E-state index contributed by atoms with van der Waals surface area (Å²) in [7, 11) is 4.09. The van der Waals surface area contributed by atoms with Crippen molar-refractivity contribution in [3.05, 3.63) is 0 Å². The molecule has 20 heavy (non-hydrogen) atoms. The van der Waals surface area contributed by atoms with E-state index in [-0.39, 0.29) is 11.5 Å². The number of hydrogen-bond acceptors (Lipinski definition) is 3. The SMILES string of the molecule is CN1CC(C(=O)N(C)[C@H]2CCCC[C@@H]2NC(C)(C)C)C1. The van der Waals surface area contributed by atoms with E-state index >= 15 is 0 Å². The summed E-state index contributed by atoms with van der Waals surface area (Å²) in [5.41, 5.74) is 0.112. The van der Waals surface area contributed by atoms with Crippen molar-refractivity contribution in [1.82, 2.24) is 15.1 Å². The Bertz CT molecular complexity index is 344. The van der Waals surface area contributed by atoms with Crippen molar-refractivity contribution in [2.24, 2.45) is 5.92 Å². The summed E-state index contributed by atoms with van der Waals surface area (Å²) < 4.78 is 0. The second-order valence-electron chi connectivity index (χ2n) is 7.72. The average Bonchev–Trinajstić information content (AvgIpc) is 2.32. The number of amides is 1. The van der Waals surface area contributed by atoms with Crippen molar-refractivity contribution in [2.75, 3.05) is 27.2 Å². The van der Waals surface area contributed by atoms with Crippen LogP contribution in [0.4, 0.5) is 0 Å². The zero-order valence-electron chi connectivity index (χ0n) is 13.8. The molecule has 2 fully saturated rings. The number of nitrogens with one attached hydrogen (secondary N) is 1. The zero-order chi connectivity index (χ0) is 14.9. The Morgan fingerprint density at radius 2 is 1.80 bits per heavy atom. The van der Waals surface area contributed by atoms with Crippen LogP contribution in [0, 0.1) is 5.92 Å². The van der Waals surface area contributed by atoms with Gasteiger partial charge in [0, 0.05) is 37.8 Å². The van der Waals surface area contributed by atoms with E-state index in [2.05, 4.69) is 38.0 Å². The Morgan fingerprint density at radius 3 is 2.35 bits per heavy atom. The van der Waals surface area contributed by atoms with Crippen LogP contribution in [0.1, 0.15) is 46.5 Å². The van der Waals surface area contributed by atoms with Crippen LogP contribution in [0.15, 0.2) is 0 Å². The van der Waals surface area contributed by atoms with E-state index in [1.165, 1.54) is 19.3 Å². The molecule has 0 radical (unpaired) electrons. The smallest absolute Gasteiger partial charge is 0.228 e. The molecule has 1 saturated heterocycles. The highest BCUT2D eigenvalue weighted by Gasteiger charge is 2.38. The lowest BCUT2D eigenvalue weighted by Gasteiger charge is -2.44. The van der Waals surface area contributed by atoms with Crippen molar-refractivity contribution in [1.29, 1.82) is 0 Å². The van der Waals surface area contributed by atoms with Gasteiger partial charge in [0.25, 0.3) is 0 Å². The molecule has 2 rings (SSSR count). The summed E-state index contributed by atoms with van der Waals surface area (Å²) >= 11 is 0. The van der Waals surface area contributed by atoms with E-state index in [0.717, 1.165) is 19.5 Å². The monoisotopic (exact) mass is 281 g/mol. The Balaban J connectivity index is 1.97. The lowest BCUT2D eigenvalue weighted by molar-refractivity contribution is -0.142. The number of hydrogen-bond donors (Lipinski definition) is 1. The Labute approximate surface area is 123 Å². The van der Waals surface area contributed by atoms with Crippen molar-refractivity contribution >= 4 is 5.91 Å². The van der Waals surface area contributed by atoms with Gasteiger partial charge in [-0.3, -0.25) is 4.79 Å². The highest BCUT2D eigenvalue weighted by molar-refractivity contribution is 5.80. The normalized spacial score (nSPS) is 29.1. The molecule has 2 atom stereocenters. The van der Waals surface area contributed by atoms with Crippen molar-refractivity contribution in [3.8, 4) is 0 Å². The first kappa shape index (κ1) is 15.8.